The van der Waals surface area contributed by atoms with Gasteiger partial charge < -0.3 is 9.80 Å². The highest BCUT2D eigenvalue weighted by molar-refractivity contribution is 6.29. The van der Waals surface area contributed by atoms with E-state index in [4.69, 9.17) is 0 Å². The second-order valence-corrected chi connectivity index (χ2v) is 3.85. The van der Waals surface area contributed by atoms with Crippen molar-refractivity contribution in [3.05, 3.63) is 0 Å². The minimum atomic E-state index is 0.670. The molecule has 82 valence electrons. The quantitative estimate of drug-likeness (QED) is 0.599. The van der Waals surface area contributed by atoms with Crippen LogP contribution in [0.4, 0.5) is 0 Å². The minimum absolute atomic E-state index is 0.670. The van der Waals surface area contributed by atoms with E-state index in [1.165, 1.54) is 0 Å². The molecule has 0 radical (unpaired) electrons. The van der Waals surface area contributed by atoms with Crippen molar-refractivity contribution in [2.24, 2.45) is 15.0 Å². The molecule has 0 unspecified atom stereocenters. The Hall–Kier alpha value is -1.39. The fourth-order valence-electron chi connectivity index (χ4n) is 1.65. The van der Waals surface area contributed by atoms with Gasteiger partial charge in [0, 0.05) is 27.2 Å². The average Bonchev–Trinajstić information content (AvgIpc) is 2.78. The molecule has 0 aromatic heterocycles. The molecule has 2 aliphatic rings. The normalized spacial score (nSPS) is 21.5. The van der Waals surface area contributed by atoms with E-state index >= 15 is 0 Å². The summed E-state index contributed by atoms with van der Waals surface area (Å²) in [4.78, 5) is 17.3. The van der Waals surface area contributed by atoms with Gasteiger partial charge in [0.15, 0.2) is 0 Å². The third kappa shape index (κ3) is 2.34. The van der Waals surface area contributed by atoms with Crippen LogP contribution >= 0.6 is 0 Å². The van der Waals surface area contributed by atoms with Crippen LogP contribution in [0.3, 0.4) is 0 Å². The number of likely N-dealkylation sites (N-methyl/N-ethyl adjacent to an activating group) is 2. The predicted octanol–water partition coefficient (Wildman–Crippen LogP) is -0.255. The van der Waals surface area contributed by atoms with E-state index < -0.39 is 0 Å². The molecule has 2 aliphatic heterocycles. The van der Waals surface area contributed by atoms with E-state index in [0.29, 0.717) is 6.54 Å². The Bertz CT molecular complexity index is 318. The zero-order valence-electron chi connectivity index (χ0n) is 9.35. The lowest BCUT2D eigenvalue weighted by atomic mass is 10.5. The summed E-state index contributed by atoms with van der Waals surface area (Å²) in [5, 5.41) is 0. The maximum Gasteiger partial charge on any atom is 0.141 e. The third-order valence-corrected chi connectivity index (χ3v) is 2.71. The maximum absolute atomic E-state index is 4.38. The van der Waals surface area contributed by atoms with E-state index in [2.05, 4.69) is 31.8 Å². The summed E-state index contributed by atoms with van der Waals surface area (Å²) in [7, 11) is 4.09. The molecule has 0 bridgehead atoms. The van der Waals surface area contributed by atoms with Crippen molar-refractivity contribution < 1.29 is 0 Å². The molecule has 0 aromatic carbocycles. The van der Waals surface area contributed by atoms with Crippen molar-refractivity contribution in [2.75, 3.05) is 46.8 Å². The first kappa shape index (κ1) is 10.1. The Morgan fingerprint density at radius 1 is 1.20 bits per heavy atom. The molecule has 0 atom stereocenters. The standard InChI is InChI=1S/C10H17N5/c1-14-5-3-12-9(14)7-11-8-10-13-4-6-15(10)2/h7H,3-6,8H2,1-2H3. The van der Waals surface area contributed by atoms with Crippen LogP contribution in [0.1, 0.15) is 0 Å². The predicted molar refractivity (Wildman–Crippen MR) is 63.2 cm³/mol. The lowest BCUT2D eigenvalue weighted by Crippen LogP contribution is -2.26. The Morgan fingerprint density at radius 2 is 1.93 bits per heavy atom. The van der Waals surface area contributed by atoms with Crippen molar-refractivity contribution in [1.82, 2.24) is 9.80 Å². The first-order valence-electron chi connectivity index (χ1n) is 5.27. The average molecular weight is 207 g/mol. The zero-order valence-corrected chi connectivity index (χ0v) is 9.35. The zero-order chi connectivity index (χ0) is 10.7. The van der Waals surface area contributed by atoms with Crippen LogP contribution in [0.25, 0.3) is 0 Å². The molecule has 0 N–H and O–H groups in total. The van der Waals surface area contributed by atoms with E-state index in [1.54, 1.807) is 0 Å². The second-order valence-electron chi connectivity index (χ2n) is 3.85. The Balaban J connectivity index is 1.85. The molecule has 0 aromatic rings. The third-order valence-electron chi connectivity index (χ3n) is 2.71. The minimum Gasteiger partial charge on any atom is -0.360 e. The summed E-state index contributed by atoms with van der Waals surface area (Å²) >= 11 is 0. The molecule has 0 amide bonds. The maximum atomic E-state index is 4.38. The summed E-state index contributed by atoms with van der Waals surface area (Å²) in [6.07, 6.45) is 1.85. The molecule has 2 heterocycles. The molecular formula is C10H17N5. The fraction of sp³-hybridized carbons (Fsp3) is 0.700. The van der Waals surface area contributed by atoms with E-state index in [9.17, 15) is 0 Å². The number of aliphatic imine (C=N–C) groups is 3. The smallest absolute Gasteiger partial charge is 0.141 e. The van der Waals surface area contributed by atoms with Crippen LogP contribution in [0.15, 0.2) is 15.0 Å². The number of hydrogen-bond acceptors (Lipinski definition) is 5. The summed E-state index contributed by atoms with van der Waals surface area (Å²) in [6, 6.07) is 0. The summed E-state index contributed by atoms with van der Waals surface area (Å²) < 4.78 is 0. The number of rotatable bonds is 3. The molecule has 2 rings (SSSR count). The first-order chi connectivity index (χ1) is 7.27. The lowest BCUT2D eigenvalue weighted by molar-refractivity contribution is 0.550. The van der Waals surface area contributed by atoms with Gasteiger partial charge in [-0.05, 0) is 0 Å². The van der Waals surface area contributed by atoms with Gasteiger partial charge in [-0.15, -0.1) is 0 Å². The first-order valence-corrected chi connectivity index (χ1v) is 5.27. The van der Waals surface area contributed by atoms with E-state index in [0.717, 1.165) is 37.9 Å². The topological polar surface area (TPSA) is 43.6 Å². The Morgan fingerprint density at radius 3 is 2.53 bits per heavy atom. The molecule has 5 nitrogen and oxygen atoms in total. The van der Waals surface area contributed by atoms with Gasteiger partial charge in [-0.3, -0.25) is 15.0 Å². The molecule has 0 fully saturated rings. The highest BCUT2D eigenvalue weighted by atomic mass is 15.2. The van der Waals surface area contributed by atoms with Gasteiger partial charge in [0.1, 0.15) is 11.7 Å². The van der Waals surface area contributed by atoms with Gasteiger partial charge in [0.05, 0.1) is 25.8 Å². The van der Waals surface area contributed by atoms with Gasteiger partial charge in [-0.1, -0.05) is 0 Å². The summed E-state index contributed by atoms with van der Waals surface area (Å²) in [6.45, 7) is 4.48. The fourth-order valence-corrected chi connectivity index (χ4v) is 1.65. The van der Waals surface area contributed by atoms with E-state index in [-0.39, 0.29) is 0 Å². The van der Waals surface area contributed by atoms with Gasteiger partial charge in [-0.25, -0.2) is 0 Å². The van der Waals surface area contributed by atoms with Gasteiger partial charge in [-0.2, -0.15) is 0 Å². The number of amidine groups is 2. The SMILES string of the molecule is CN1CCN=C1C=NCC1=NCCN1C. The van der Waals surface area contributed by atoms with Gasteiger partial charge >= 0.3 is 0 Å². The molecule has 0 spiro atoms. The van der Waals surface area contributed by atoms with E-state index in [1.807, 2.05) is 13.3 Å². The highest BCUT2D eigenvalue weighted by Crippen LogP contribution is 1.99. The molecule has 0 aliphatic carbocycles. The van der Waals surface area contributed by atoms with Crippen LogP contribution < -0.4 is 0 Å². The second kappa shape index (κ2) is 4.42. The molecular weight excluding hydrogens is 190 g/mol. The number of nitrogens with zero attached hydrogens (tertiary/aromatic N) is 5. The number of hydrogen-bond donors (Lipinski definition) is 0. The van der Waals surface area contributed by atoms with Gasteiger partial charge in [0.25, 0.3) is 0 Å². The molecule has 0 saturated carbocycles. The van der Waals surface area contributed by atoms with Crippen molar-refractivity contribution in [1.29, 1.82) is 0 Å². The largest absolute Gasteiger partial charge is 0.360 e. The summed E-state index contributed by atoms with van der Waals surface area (Å²) in [5.74, 6) is 2.06. The van der Waals surface area contributed by atoms with Crippen LogP contribution in [0, 0.1) is 0 Å². The van der Waals surface area contributed by atoms with Crippen LogP contribution in [-0.4, -0.2) is 74.5 Å². The van der Waals surface area contributed by atoms with Crippen molar-refractivity contribution in [2.45, 2.75) is 0 Å². The Labute approximate surface area is 90.2 Å². The highest BCUT2D eigenvalue weighted by Gasteiger charge is 2.12. The van der Waals surface area contributed by atoms with Gasteiger partial charge in [0.2, 0.25) is 0 Å². The van der Waals surface area contributed by atoms with Crippen molar-refractivity contribution in [3.8, 4) is 0 Å². The summed E-state index contributed by atoms with van der Waals surface area (Å²) in [5.41, 5.74) is 0. The Kier molecular flexibility index (Phi) is 2.99. The van der Waals surface area contributed by atoms with Crippen LogP contribution in [0.2, 0.25) is 0 Å². The molecule has 15 heavy (non-hydrogen) atoms. The monoisotopic (exact) mass is 207 g/mol. The van der Waals surface area contributed by atoms with Crippen molar-refractivity contribution in [3.63, 3.8) is 0 Å². The van der Waals surface area contributed by atoms with Crippen molar-refractivity contribution >= 4 is 17.9 Å². The van der Waals surface area contributed by atoms with Crippen LogP contribution in [-0.2, 0) is 0 Å². The molecule has 0 saturated heterocycles. The lowest BCUT2D eigenvalue weighted by Gasteiger charge is -2.12. The molecule has 5 heteroatoms. The van der Waals surface area contributed by atoms with Crippen LogP contribution in [0.5, 0.6) is 0 Å².